The fourth-order valence-electron chi connectivity index (χ4n) is 3.15. The summed E-state index contributed by atoms with van der Waals surface area (Å²) >= 11 is 0. The molecule has 0 saturated carbocycles. The first-order chi connectivity index (χ1) is 14.2. The van der Waals surface area contributed by atoms with E-state index in [1.807, 2.05) is 0 Å². The van der Waals surface area contributed by atoms with Gasteiger partial charge in [0.15, 0.2) is 11.5 Å². The molecule has 158 valence electrons. The number of benzene rings is 2. The van der Waals surface area contributed by atoms with Crippen LogP contribution < -0.4 is 14.6 Å². The van der Waals surface area contributed by atoms with Crippen LogP contribution >= 0.6 is 0 Å². The maximum atomic E-state index is 13.2. The van der Waals surface area contributed by atoms with E-state index in [1.54, 1.807) is 18.2 Å². The predicted molar refractivity (Wildman–Crippen MR) is 101 cm³/mol. The number of nitrogens with zero attached hydrogens (tertiary/aromatic N) is 1. The molecular weight excluding hydrogens is 403 g/mol. The molecule has 1 N–H and O–H groups in total. The third-order valence-corrected chi connectivity index (χ3v) is 4.59. The van der Waals surface area contributed by atoms with Crippen LogP contribution in [-0.4, -0.2) is 24.1 Å². The Labute approximate surface area is 170 Å². The lowest BCUT2D eigenvalue weighted by Gasteiger charge is -2.25. The molecule has 2 aromatic rings. The molecule has 0 heterocycles. The van der Waals surface area contributed by atoms with Crippen molar-refractivity contribution >= 4 is 17.6 Å². The van der Waals surface area contributed by atoms with Gasteiger partial charge in [-0.3, -0.25) is 4.79 Å². The molecular formula is C21H18F3NO5. The van der Waals surface area contributed by atoms with Gasteiger partial charge in [-0.2, -0.15) is 13.2 Å². The van der Waals surface area contributed by atoms with Crippen molar-refractivity contribution in [3.8, 4) is 11.5 Å². The molecule has 30 heavy (non-hydrogen) atoms. The van der Waals surface area contributed by atoms with Crippen LogP contribution in [0.1, 0.15) is 24.8 Å². The van der Waals surface area contributed by atoms with Crippen molar-refractivity contribution in [1.82, 2.24) is 0 Å². The summed E-state index contributed by atoms with van der Waals surface area (Å²) in [7, 11) is 1.38. The number of alkyl halides is 3. The molecule has 0 radical (unpaired) electrons. The largest absolute Gasteiger partial charge is 0.493 e. The minimum atomic E-state index is -4.63. The number of aliphatic carboxylic acids is 1. The van der Waals surface area contributed by atoms with Crippen molar-refractivity contribution in [2.45, 2.75) is 25.4 Å². The average Bonchev–Trinajstić information content (AvgIpc) is 3.21. The summed E-state index contributed by atoms with van der Waals surface area (Å²) in [6, 6.07) is 10.4. The van der Waals surface area contributed by atoms with Crippen molar-refractivity contribution in [2.24, 2.45) is 0 Å². The second-order valence-electron chi connectivity index (χ2n) is 6.51. The normalized spacial score (nSPS) is 13.9. The van der Waals surface area contributed by atoms with E-state index in [9.17, 15) is 27.9 Å². The number of carboxylic acid groups (broad SMARTS) is 1. The number of rotatable bonds is 6. The fourth-order valence-corrected chi connectivity index (χ4v) is 3.15. The second kappa shape index (κ2) is 8.48. The first-order valence-electron chi connectivity index (χ1n) is 9.00. The van der Waals surface area contributed by atoms with E-state index in [-0.39, 0.29) is 41.2 Å². The molecule has 1 amide bonds. The van der Waals surface area contributed by atoms with Gasteiger partial charge in [0.25, 0.3) is 5.91 Å². The molecule has 0 aromatic heterocycles. The SMILES string of the molecule is COc1ccccc1ON(C(=O)C1=C(C(=O)O)CCC1)c1cccc(C(F)(F)F)c1. The van der Waals surface area contributed by atoms with Crippen LogP contribution in [0.5, 0.6) is 11.5 Å². The van der Waals surface area contributed by atoms with Gasteiger partial charge in [0.05, 0.1) is 18.4 Å². The number of carbonyl (C=O) groups is 2. The smallest absolute Gasteiger partial charge is 0.416 e. The van der Waals surface area contributed by atoms with E-state index in [1.165, 1.54) is 19.2 Å². The van der Waals surface area contributed by atoms with Crippen LogP contribution in [0, 0.1) is 0 Å². The first kappa shape index (κ1) is 21.2. The van der Waals surface area contributed by atoms with E-state index in [2.05, 4.69) is 0 Å². The quantitative estimate of drug-likeness (QED) is 0.690. The lowest BCUT2D eigenvalue weighted by atomic mass is 10.1. The van der Waals surface area contributed by atoms with Crippen molar-refractivity contribution in [1.29, 1.82) is 0 Å². The molecule has 0 bridgehead atoms. The number of methoxy groups -OCH3 is 1. The standard InChI is InChI=1S/C21H18F3NO5/c1-29-17-10-2-3-11-18(17)30-25(14-7-4-6-13(12-14)21(22,23)24)19(26)15-8-5-9-16(15)20(27)28/h2-4,6-7,10-12H,5,8-9H2,1H3,(H,27,28). The van der Waals surface area contributed by atoms with Gasteiger partial charge in [0, 0.05) is 11.1 Å². The number of para-hydroxylation sites is 2. The zero-order chi connectivity index (χ0) is 21.9. The zero-order valence-electron chi connectivity index (χ0n) is 15.9. The summed E-state index contributed by atoms with van der Waals surface area (Å²) in [5, 5.41) is 10.0. The highest BCUT2D eigenvalue weighted by Gasteiger charge is 2.34. The molecule has 9 heteroatoms. The summed E-state index contributed by atoms with van der Waals surface area (Å²) in [6.45, 7) is 0. The van der Waals surface area contributed by atoms with Crippen molar-refractivity contribution in [2.75, 3.05) is 12.2 Å². The molecule has 6 nitrogen and oxygen atoms in total. The molecule has 0 saturated heterocycles. The lowest BCUT2D eigenvalue weighted by Crippen LogP contribution is -2.36. The van der Waals surface area contributed by atoms with Crippen molar-refractivity contribution in [3.63, 3.8) is 0 Å². The summed E-state index contributed by atoms with van der Waals surface area (Å²) in [5.41, 5.74) is -1.24. The molecule has 0 aliphatic heterocycles. The second-order valence-corrected chi connectivity index (χ2v) is 6.51. The van der Waals surface area contributed by atoms with Gasteiger partial charge in [-0.25, -0.2) is 4.79 Å². The Morgan fingerprint density at radius 1 is 1.00 bits per heavy atom. The zero-order valence-corrected chi connectivity index (χ0v) is 15.9. The highest BCUT2D eigenvalue weighted by Crippen LogP contribution is 2.35. The predicted octanol–water partition coefficient (Wildman–Crippen LogP) is 4.61. The Balaban J connectivity index is 2.09. The fraction of sp³-hybridized carbons (Fsp3) is 0.238. The van der Waals surface area contributed by atoms with Crippen LogP contribution in [-0.2, 0) is 15.8 Å². The molecule has 1 aliphatic rings. The van der Waals surface area contributed by atoms with Crippen LogP contribution in [0.25, 0.3) is 0 Å². The maximum absolute atomic E-state index is 13.2. The van der Waals surface area contributed by atoms with Gasteiger partial charge in [-0.05, 0) is 49.6 Å². The number of hydrogen-bond donors (Lipinski definition) is 1. The molecule has 0 unspecified atom stereocenters. The number of halogens is 3. The number of amides is 1. The van der Waals surface area contributed by atoms with Gasteiger partial charge >= 0.3 is 12.1 Å². The van der Waals surface area contributed by atoms with E-state index in [0.717, 1.165) is 18.2 Å². The Bertz CT molecular complexity index is 1000. The van der Waals surface area contributed by atoms with E-state index >= 15 is 0 Å². The minimum absolute atomic E-state index is 0.00481. The van der Waals surface area contributed by atoms with Gasteiger partial charge in [0.2, 0.25) is 0 Å². The summed E-state index contributed by atoms with van der Waals surface area (Å²) in [5.74, 6) is -1.74. The van der Waals surface area contributed by atoms with E-state index in [0.29, 0.717) is 11.5 Å². The molecule has 2 aromatic carbocycles. The van der Waals surface area contributed by atoms with E-state index < -0.39 is 23.6 Å². The van der Waals surface area contributed by atoms with Gasteiger partial charge in [-0.15, -0.1) is 5.06 Å². The lowest BCUT2D eigenvalue weighted by molar-refractivity contribution is -0.137. The monoisotopic (exact) mass is 421 g/mol. The van der Waals surface area contributed by atoms with Crippen LogP contribution in [0.4, 0.5) is 18.9 Å². The maximum Gasteiger partial charge on any atom is 0.416 e. The Morgan fingerprint density at radius 2 is 1.67 bits per heavy atom. The third-order valence-electron chi connectivity index (χ3n) is 4.59. The number of carbonyl (C=O) groups excluding carboxylic acids is 1. The molecule has 0 spiro atoms. The van der Waals surface area contributed by atoms with Crippen LogP contribution in [0.2, 0.25) is 0 Å². The topological polar surface area (TPSA) is 76.1 Å². The summed E-state index contributed by atoms with van der Waals surface area (Å²) < 4.78 is 44.8. The van der Waals surface area contributed by atoms with Crippen LogP contribution in [0.15, 0.2) is 59.7 Å². The van der Waals surface area contributed by atoms with Crippen LogP contribution in [0.3, 0.4) is 0 Å². The number of hydroxylamine groups is 1. The molecule has 0 atom stereocenters. The van der Waals surface area contributed by atoms with Crippen molar-refractivity contribution < 1.29 is 37.4 Å². The first-order valence-corrected chi connectivity index (χ1v) is 9.00. The number of hydrogen-bond acceptors (Lipinski definition) is 4. The highest BCUT2D eigenvalue weighted by molar-refractivity contribution is 6.09. The van der Waals surface area contributed by atoms with Gasteiger partial charge in [0.1, 0.15) is 0 Å². The molecule has 0 fully saturated rings. The summed E-state index contributed by atoms with van der Waals surface area (Å²) in [6.07, 6.45) is -3.80. The minimum Gasteiger partial charge on any atom is -0.493 e. The molecule has 3 rings (SSSR count). The Hall–Kier alpha value is -3.49. The number of carboxylic acids is 1. The number of anilines is 1. The van der Waals surface area contributed by atoms with Gasteiger partial charge < -0.3 is 14.7 Å². The molecule has 1 aliphatic carbocycles. The Kier molecular flexibility index (Phi) is 6.00. The third kappa shape index (κ3) is 4.40. The highest BCUT2D eigenvalue weighted by atomic mass is 19.4. The van der Waals surface area contributed by atoms with Gasteiger partial charge in [-0.1, -0.05) is 18.2 Å². The van der Waals surface area contributed by atoms with E-state index in [4.69, 9.17) is 9.57 Å². The number of ether oxygens (including phenoxy) is 1. The Morgan fingerprint density at radius 3 is 2.30 bits per heavy atom. The summed E-state index contributed by atoms with van der Waals surface area (Å²) in [4.78, 5) is 30.3. The average molecular weight is 421 g/mol. The van der Waals surface area contributed by atoms with Crippen molar-refractivity contribution in [3.05, 3.63) is 65.2 Å².